The second kappa shape index (κ2) is 7.77. The van der Waals surface area contributed by atoms with Crippen molar-refractivity contribution in [2.24, 2.45) is 0 Å². The fourth-order valence-electron chi connectivity index (χ4n) is 3.78. The van der Waals surface area contributed by atoms with Crippen LogP contribution < -0.4 is 5.32 Å². The van der Waals surface area contributed by atoms with E-state index in [4.69, 9.17) is 9.97 Å². The number of anilines is 1. The Morgan fingerprint density at radius 2 is 1.75 bits per heavy atom. The molecule has 156 valence electrons. The zero-order chi connectivity index (χ0) is 21.5. The summed E-state index contributed by atoms with van der Waals surface area (Å²) < 4.78 is 2.07. The molecule has 0 bridgehead atoms. The van der Waals surface area contributed by atoms with Crippen molar-refractivity contribution in [1.82, 2.24) is 24.7 Å². The summed E-state index contributed by atoms with van der Waals surface area (Å²) in [6, 6.07) is 19.9. The Morgan fingerprint density at radius 3 is 2.59 bits per heavy atom. The highest BCUT2D eigenvalue weighted by atomic mass is 32.1. The minimum absolute atomic E-state index is 0.112. The Balaban J connectivity index is 1.29. The summed E-state index contributed by atoms with van der Waals surface area (Å²) in [6.07, 6.45) is 0.288. The summed E-state index contributed by atoms with van der Waals surface area (Å²) in [6.45, 7) is 0.486. The van der Waals surface area contributed by atoms with Gasteiger partial charge in [-0.05, 0) is 29.6 Å². The third kappa shape index (κ3) is 3.31. The molecule has 0 fully saturated rings. The number of hydrogen-bond acceptors (Lipinski definition) is 7. The van der Waals surface area contributed by atoms with Crippen molar-refractivity contribution in [1.29, 1.82) is 0 Å². The van der Waals surface area contributed by atoms with Crippen LogP contribution in [0.1, 0.15) is 6.42 Å². The monoisotopic (exact) mass is 456 g/mol. The predicted molar refractivity (Wildman–Crippen MR) is 129 cm³/mol. The van der Waals surface area contributed by atoms with Gasteiger partial charge >= 0.3 is 0 Å². The molecule has 0 spiro atoms. The van der Waals surface area contributed by atoms with Crippen molar-refractivity contribution < 1.29 is 4.79 Å². The van der Waals surface area contributed by atoms with Gasteiger partial charge in [-0.15, -0.1) is 21.5 Å². The number of amides is 1. The average Bonchev–Trinajstić information content (AvgIpc) is 3.56. The molecular weight excluding hydrogens is 440 g/mol. The number of carbonyl (C=O) groups excluding carboxylic acids is 1. The number of nitrogens with one attached hydrogen (secondary N) is 1. The number of para-hydroxylation sites is 3. The van der Waals surface area contributed by atoms with Crippen LogP contribution in [0.3, 0.4) is 0 Å². The van der Waals surface area contributed by atoms with Crippen LogP contribution in [0.4, 0.5) is 5.13 Å². The lowest BCUT2D eigenvalue weighted by Gasteiger charge is -2.07. The van der Waals surface area contributed by atoms with E-state index < -0.39 is 0 Å². The zero-order valence-electron chi connectivity index (χ0n) is 16.7. The highest BCUT2D eigenvalue weighted by molar-refractivity contribution is 7.23. The summed E-state index contributed by atoms with van der Waals surface area (Å²) >= 11 is 2.97. The van der Waals surface area contributed by atoms with Gasteiger partial charge in [0.1, 0.15) is 5.52 Å². The van der Waals surface area contributed by atoms with Gasteiger partial charge in [0.25, 0.3) is 0 Å². The Hall–Kier alpha value is -3.69. The van der Waals surface area contributed by atoms with E-state index in [2.05, 4.69) is 20.1 Å². The summed E-state index contributed by atoms with van der Waals surface area (Å²) in [5, 5.41) is 15.5. The Morgan fingerprint density at radius 1 is 0.938 bits per heavy atom. The second-order valence-corrected chi connectivity index (χ2v) is 9.17. The average molecular weight is 457 g/mol. The van der Waals surface area contributed by atoms with Crippen molar-refractivity contribution in [3.63, 3.8) is 0 Å². The highest BCUT2D eigenvalue weighted by Gasteiger charge is 2.16. The van der Waals surface area contributed by atoms with Crippen LogP contribution in [0.5, 0.6) is 0 Å². The molecule has 1 N–H and O–H groups in total. The van der Waals surface area contributed by atoms with Crippen LogP contribution in [0.15, 0.2) is 66.0 Å². The topological polar surface area (TPSA) is 85.6 Å². The number of nitrogens with zero attached hydrogens (tertiary/aromatic N) is 5. The molecule has 0 radical (unpaired) electrons. The SMILES string of the molecule is O=C(CCn1c2ccccc2c2nc3ccccc3nc21)Nc1nnc(-c2cccs2)s1. The van der Waals surface area contributed by atoms with E-state index in [0.29, 0.717) is 11.7 Å². The zero-order valence-corrected chi connectivity index (χ0v) is 18.4. The van der Waals surface area contributed by atoms with E-state index in [1.54, 1.807) is 11.3 Å². The van der Waals surface area contributed by atoms with E-state index in [-0.39, 0.29) is 12.3 Å². The number of aromatic nitrogens is 5. The van der Waals surface area contributed by atoms with Gasteiger partial charge < -0.3 is 9.88 Å². The van der Waals surface area contributed by atoms with Gasteiger partial charge in [0.05, 0.1) is 21.4 Å². The maximum absolute atomic E-state index is 12.7. The molecule has 6 rings (SSSR count). The lowest BCUT2D eigenvalue weighted by molar-refractivity contribution is -0.116. The molecule has 0 saturated carbocycles. The van der Waals surface area contributed by atoms with Crippen molar-refractivity contribution in [3.8, 4) is 9.88 Å². The third-order valence-corrected chi connectivity index (χ3v) is 7.10. The van der Waals surface area contributed by atoms with Crippen LogP contribution in [-0.2, 0) is 11.3 Å². The minimum Gasteiger partial charge on any atom is -0.323 e. The second-order valence-electron chi connectivity index (χ2n) is 7.24. The van der Waals surface area contributed by atoms with Gasteiger partial charge in [-0.1, -0.05) is 47.7 Å². The predicted octanol–water partition coefficient (Wildman–Crippen LogP) is 5.35. The first-order chi connectivity index (χ1) is 15.8. The molecule has 6 aromatic rings. The number of carbonyl (C=O) groups is 1. The van der Waals surface area contributed by atoms with Gasteiger partial charge in [-0.2, -0.15) is 0 Å². The van der Waals surface area contributed by atoms with Crippen molar-refractivity contribution in [2.45, 2.75) is 13.0 Å². The molecule has 7 nitrogen and oxygen atoms in total. The molecule has 0 unspecified atom stereocenters. The quantitative estimate of drug-likeness (QED) is 0.378. The molecule has 0 aliphatic rings. The molecule has 0 aliphatic heterocycles. The van der Waals surface area contributed by atoms with Crippen LogP contribution in [0.2, 0.25) is 0 Å². The smallest absolute Gasteiger partial charge is 0.227 e. The number of fused-ring (bicyclic) bond motifs is 4. The Kier molecular flexibility index (Phi) is 4.62. The molecule has 4 heterocycles. The van der Waals surface area contributed by atoms with E-state index in [9.17, 15) is 4.79 Å². The van der Waals surface area contributed by atoms with Crippen molar-refractivity contribution in [3.05, 3.63) is 66.0 Å². The summed E-state index contributed by atoms with van der Waals surface area (Å²) in [5.41, 5.74) is 4.35. The molecule has 0 saturated heterocycles. The number of benzene rings is 2. The van der Waals surface area contributed by atoms with Crippen LogP contribution in [0, 0.1) is 0 Å². The summed E-state index contributed by atoms with van der Waals surface area (Å²) in [5.74, 6) is -0.112. The molecule has 2 aromatic carbocycles. The standard InChI is InChI=1S/C23H16N6OS2/c30-19(26-23-28-27-22(32-23)18-10-5-13-31-18)11-12-29-17-9-4-1-6-14(17)20-21(29)25-16-8-3-2-7-15(16)24-20/h1-10,13H,11-12H2,(H,26,28,30). The third-order valence-electron chi connectivity index (χ3n) is 5.22. The summed E-state index contributed by atoms with van der Waals surface area (Å²) in [7, 11) is 0. The van der Waals surface area contributed by atoms with E-state index in [1.165, 1.54) is 11.3 Å². The minimum atomic E-state index is -0.112. The van der Waals surface area contributed by atoms with Crippen LogP contribution in [0.25, 0.3) is 43.0 Å². The van der Waals surface area contributed by atoms with E-state index in [0.717, 1.165) is 43.0 Å². The van der Waals surface area contributed by atoms with E-state index >= 15 is 0 Å². The maximum Gasteiger partial charge on any atom is 0.227 e. The van der Waals surface area contributed by atoms with Gasteiger partial charge in [0.15, 0.2) is 10.7 Å². The first kappa shape index (κ1) is 19.0. The van der Waals surface area contributed by atoms with Gasteiger partial charge in [-0.3, -0.25) is 4.79 Å². The van der Waals surface area contributed by atoms with Crippen molar-refractivity contribution >= 4 is 66.8 Å². The van der Waals surface area contributed by atoms with Gasteiger partial charge in [0.2, 0.25) is 11.0 Å². The highest BCUT2D eigenvalue weighted by Crippen LogP contribution is 2.30. The van der Waals surface area contributed by atoms with Gasteiger partial charge in [0, 0.05) is 18.4 Å². The molecule has 32 heavy (non-hydrogen) atoms. The fraction of sp³-hybridized carbons (Fsp3) is 0.0870. The number of aryl methyl sites for hydroxylation is 1. The lowest BCUT2D eigenvalue weighted by atomic mass is 10.2. The molecule has 1 amide bonds. The van der Waals surface area contributed by atoms with Crippen molar-refractivity contribution in [2.75, 3.05) is 5.32 Å². The summed E-state index contributed by atoms with van der Waals surface area (Å²) in [4.78, 5) is 23.4. The molecule has 0 aliphatic carbocycles. The number of hydrogen-bond donors (Lipinski definition) is 1. The number of thiophene rings is 1. The van der Waals surface area contributed by atoms with Crippen LogP contribution >= 0.6 is 22.7 Å². The normalized spacial score (nSPS) is 11.5. The number of rotatable bonds is 5. The first-order valence-corrected chi connectivity index (χ1v) is 11.8. The molecular formula is C23H16N6OS2. The van der Waals surface area contributed by atoms with Crippen LogP contribution in [-0.4, -0.2) is 30.6 Å². The first-order valence-electron chi connectivity index (χ1n) is 10.1. The Bertz CT molecular complexity index is 1580. The van der Waals surface area contributed by atoms with Gasteiger partial charge in [-0.25, -0.2) is 9.97 Å². The Labute approximate surface area is 190 Å². The molecule has 9 heteroatoms. The largest absolute Gasteiger partial charge is 0.323 e. The molecule has 0 atom stereocenters. The lowest BCUT2D eigenvalue weighted by Crippen LogP contribution is -2.14. The molecule has 4 aromatic heterocycles. The maximum atomic E-state index is 12.7. The fourth-order valence-corrected chi connectivity index (χ4v) is 5.33. The van der Waals surface area contributed by atoms with E-state index in [1.807, 2.05) is 66.0 Å².